The topological polar surface area (TPSA) is 61.8 Å². The van der Waals surface area contributed by atoms with Gasteiger partial charge in [-0.25, -0.2) is 9.59 Å². The van der Waals surface area contributed by atoms with Crippen LogP contribution in [0.2, 0.25) is 0 Å². The van der Waals surface area contributed by atoms with Crippen molar-refractivity contribution in [2.45, 2.75) is 18.3 Å². The second-order valence-electron chi connectivity index (χ2n) is 6.72. The number of ether oxygens (including phenoxy) is 3. The van der Waals surface area contributed by atoms with E-state index >= 15 is 0 Å². The summed E-state index contributed by atoms with van der Waals surface area (Å²) in [5, 5.41) is 0. The third-order valence-corrected chi connectivity index (χ3v) is 4.88. The van der Waals surface area contributed by atoms with E-state index in [2.05, 4.69) is 0 Å². The lowest BCUT2D eigenvalue weighted by atomic mass is 9.80. The van der Waals surface area contributed by atoms with Gasteiger partial charge in [-0.15, -0.1) is 0 Å². The Morgan fingerprint density at radius 2 is 1.38 bits per heavy atom. The third-order valence-electron chi connectivity index (χ3n) is 4.88. The average molecular weight is 388 g/mol. The first-order valence-corrected chi connectivity index (χ1v) is 9.35. The molecule has 4 rings (SSSR count). The summed E-state index contributed by atoms with van der Waals surface area (Å²) in [5.74, 6) is -1.26. The van der Waals surface area contributed by atoms with E-state index in [1.165, 1.54) is 0 Å². The highest BCUT2D eigenvalue weighted by molar-refractivity contribution is 5.83. The molecule has 1 fully saturated rings. The van der Waals surface area contributed by atoms with Crippen LogP contribution in [0.1, 0.15) is 16.7 Å². The van der Waals surface area contributed by atoms with Gasteiger partial charge in [0.25, 0.3) is 0 Å². The Morgan fingerprint density at radius 1 is 0.862 bits per heavy atom. The van der Waals surface area contributed by atoms with Gasteiger partial charge >= 0.3 is 11.9 Å². The fourth-order valence-corrected chi connectivity index (χ4v) is 3.52. The zero-order chi connectivity index (χ0) is 20.1. The first kappa shape index (κ1) is 18.9. The number of hydrogen-bond acceptors (Lipinski definition) is 5. The van der Waals surface area contributed by atoms with Gasteiger partial charge in [-0.2, -0.15) is 0 Å². The van der Waals surface area contributed by atoms with Gasteiger partial charge in [0.05, 0.1) is 0 Å². The van der Waals surface area contributed by atoms with Crippen molar-refractivity contribution in [3.8, 4) is 0 Å². The summed E-state index contributed by atoms with van der Waals surface area (Å²) in [5.41, 5.74) is 0.971. The second-order valence-corrected chi connectivity index (χ2v) is 6.72. The highest BCUT2D eigenvalue weighted by Crippen LogP contribution is 2.41. The van der Waals surface area contributed by atoms with Gasteiger partial charge in [-0.1, -0.05) is 91.0 Å². The highest BCUT2D eigenvalue weighted by Gasteiger charge is 2.54. The molecule has 0 aliphatic carbocycles. The average Bonchev–Trinajstić information content (AvgIpc) is 2.79. The summed E-state index contributed by atoms with van der Waals surface area (Å²) in [6.45, 7) is -0.181. The Hall–Kier alpha value is -3.44. The van der Waals surface area contributed by atoms with Crippen LogP contribution in [0, 0.1) is 0 Å². The molecule has 1 heterocycles. The van der Waals surface area contributed by atoms with Crippen molar-refractivity contribution >= 4 is 11.9 Å². The van der Waals surface area contributed by atoms with E-state index in [0.717, 1.165) is 5.56 Å². The minimum absolute atomic E-state index is 0.0768. The SMILES string of the molecule is O=C1COC(c2ccccc2)(c2ccccc2)C(C(=O)OCc2ccccc2)O1. The number of benzene rings is 3. The smallest absolute Gasteiger partial charge is 0.351 e. The standard InChI is InChI=1S/C24H20O5/c25-21-17-28-24(19-12-6-2-7-13-19,20-14-8-3-9-15-20)22(29-21)23(26)27-16-18-10-4-1-5-11-18/h1-15,22H,16-17H2. The van der Waals surface area contributed by atoms with Crippen molar-refractivity contribution in [3.63, 3.8) is 0 Å². The van der Waals surface area contributed by atoms with Crippen LogP contribution in [0.3, 0.4) is 0 Å². The predicted molar refractivity (Wildman–Crippen MR) is 106 cm³/mol. The van der Waals surface area contributed by atoms with E-state index in [9.17, 15) is 9.59 Å². The Balaban J connectivity index is 1.73. The van der Waals surface area contributed by atoms with Gasteiger partial charge in [0, 0.05) is 0 Å². The molecule has 3 aromatic carbocycles. The number of carbonyl (C=O) groups is 2. The number of cyclic esters (lactones) is 1. The molecule has 0 N–H and O–H groups in total. The molecule has 0 bridgehead atoms. The largest absolute Gasteiger partial charge is 0.458 e. The quantitative estimate of drug-likeness (QED) is 0.625. The minimum atomic E-state index is -1.29. The normalized spacial score (nSPS) is 17.9. The van der Waals surface area contributed by atoms with Crippen LogP contribution in [0.4, 0.5) is 0 Å². The monoisotopic (exact) mass is 388 g/mol. The molecular formula is C24H20O5. The van der Waals surface area contributed by atoms with Crippen molar-refractivity contribution in [1.82, 2.24) is 0 Å². The summed E-state index contributed by atoms with van der Waals surface area (Å²) in [4.78, 5) is 25.1. The van der Waals surface area contributed by atoms with Crippen molar-refractivity contribution in [2.75, 3.05) is 6.61 Å². The molecule has 0 amide bonds. The summed E-state index contributed by atoms with van der Waals surface area (Å²) in [6, 6.07) is 27.9. The van der Waals surface area contributed by atoms with Crippen molar-refractivity contribution in [2.24, 2.45) is 0 Å². The molecule has 29 heavy (non-hydrogen) atoms. The number of carbonyl (C=O) groups excluding carboxylic acids is 2. The van der Waals surface area contributed by atoms with E-state index in [1.54, 1.807) is 0 Å². The molecule has 0 aromatic heterocycles. The van der Waals surface area contributed by atoms with Crippen molar-refractivity contribution < 1.29 is 23.8 Å². The molecule has 5 nitrogen and oxygen atoms in total. The van der Waals surface area contributed by atoms with Crippen LogP contribution in [0.15, 0.2) is 91.0 Å². The Labute approximate surface area is 168 Å². The predicted octanol–water partition coefficient (Wildman–Crippen LogP) is 3.62. The number of esters is 2. The molecule has 3 aromatic rings. The summed E-state index contributed by atoms with van der Waals surface area (Å²) in [6.07, 6.45) is -1.27. The van der Waals surface area contributed by atoms with Crippen LogP contribution in [-0.2, 0) is 36.0 Å². The van der Waals surface area contributed by atoms with Gasteiger partial charge in [-0.05, 0) is 16.7 Å². The molecular weight excluding hydrogens is 368 g/mol. The van der Waals surface area contributed by atoms with E-state index in [0.29, 0.717) is 11.1 Å². The molecule has 0 spiro atoms. The van der Waals surface area contributed by atoms with Crippen LogP contribution in [-0.4, -0.2) is 24.6 Å². The third kappa shape index (κ3) is 3.77. The van der Waals surface area contributed by atoms with E-state index in [4.69, 9.17) is 14.2 Å². The fraction of sp³-hybridized carbons (Fsp3) is 0.167. The second kappa shape index (κ2) is 8.29. The van der Waals surface area contributed by atoms with Gasteiger partial charge < -0.3 is 14.2 Å². The molecule has 0 radical (unpaired) electrons. The Morgan fingerprint density at radius 3 is 1.93 bits per heavy atom. The zero-order valence-electron chi connectivity index (χ0n) is 15.7. The van der Waals surface area contributed by atoms with Crippen molar-refractivity contribution in [3.05, 3.63) is 108 Å². The van der Waals surface area contributed by atoms with Crippen LogP contribution >= 0.6 is 0 Å². The van der Waals surface area contributed by atoms with Crippen LogP contribution in [0.25, 0.3) is 0 Å². The van der Waals surface area contributed by atoms with E-state index in [-0.39, 0.29) is 13.2 Å². The van der Waals surface area contributed by atoms with Crippen LogP contribution < -0.4 is 0 Å². The van der Waals surface area contributed by atoms with E-state index in [1.807, 2.05) is 91.0 Å². The first-order chi connectivity index (χ1) is 14.2. The fourth-order valence-electron chi connectivity index (χ4n) is 3.52. The van der Waals surface area contributed by atoms with E-state index < -0.39 is 23.6 Å². The minimum Gasteiger partial charge on any atom is -0.458 e. The summed E-state index contributed by atoms with van der Waals surface area (Å²) in [7, 11) is 0. The molecule has 1 atom stereocenters. The molecule has 1 aliphatic heterocycles. The summed E-state index contributed by atoms with van der Waals surface area (Å²) < 4.78 is 17.1. The first-order valence-electron chi connectivity index (χ1n) is 9.35. The molecule has 1 saturated heterocycles. The van der Waals surface area contributed by atoms with Gasteiger partial charge in [0.15, 0.2) is 5.60 Å². The molecule has 1 aliphatic rings. The number of hydrogen-bond donors (Lipinski definition) is 0. The maximum Gasteiger partial charge on any atom is 0.351 e. The maximum atomic E-state index is 13.1. The zero-order valence-corrected chi connectivity index (χ0v) is 15.7. The van der Waals surface area contributed by atoms with Crippen molar-refractivity contribution in [1.29, 1.82) is 0 Å². The van der Waals surface area contributed by atoms with Gasteiger partial charge in [-0.3, -0.25) is 0 Å². The molecule has 0 saturated carbocycles. The number of rotatable bonds is 5. The Bertz CT molecular complexity index is 930. The lowest BCUT2D eigenvalue weighted by molar-refractivity contribution is -0.214. The maximum absolute atomic E-state index is 13.1. The highest BCUT2D eigenvalue weighted by atomic mass is 16.6. The summed E-state index contributed by atoms with van der Waals surface area (Å²) >= 11 is 0. The van der Waals surface area contributed by atoms with Crippen LogP contribution in [0.5, 0.6) is 0 Å². The Kier molecular flexibility index (Phi) is 5.40. The lowest BCUT2D eigenvalue weighted by Gasteiger charge is -2.42. The molecule has 1 unspecified atom stereocenters. The molecule has 5 heteroatoms. The molecule has 146 valence electrons. The van der Waals surface area contributed by atoms with Gasteiger partial charge in [0.1, 0.15) is 13.2 Å². The van der Waals surface area contributed by atoms with Gasteiger partial charge in [0.2, 0.25) is 6.10 Å². The lowest BCUT2D eigenvalue weighted by Crippen LogP contribution is -2.55.